The Morgan fingerprint density at radius 1 is 1.36 bits per heavy atom. The number of hydrogen-bond donors (Lipinski definition) is 1. The molecule has 25 heavy (non-hydrogen) atoms. The molecule has 0 unspecified atom stereocenters. The number of ether oxygens (including phenoxy) is 1. The summed E-state index contributed by atoms with van der Waals surface area (Å²) in [5.41, 5.74) is 9.08. The minimum absolute atomic E-state index is 0.0238. The summed E-state index contributed by atoms with van der Waals surface area (Å²) in [5.74, 6) is 1.10. The summed E-state index contributed by atoms with van der Waals surface area (Å²) in [6, 6.07) is 6.26. The Labute approximate surface area is 151 Å². The zero-order valence-corrected chi connectivity index (χ0v) is 15.5. The van der Waals surface area contributed by atoms with Crippen LogP contribution in [-0.4, -0.2) is 35.5 Å². The molecule has 132 valence electrons. The topological polar surface area (TPSA) is 68.5 Å². The highest BCUT2D eigenvalue weighted by Gasteiger charge is 2.44. The minimum Gasteiger partial charge on any atom is -0.492 e. The molecule has 2 aliphatic heterocycles. The lowest BCUT2D eigenvalue weighted by atomic mass is 9.74. The zero-order chi connectivity index (χ0) is 17.6. The van der Waals surface area contributed by atoms with Crippen molar-refractivity contribution in [2.75, 3.05) is 19.7 Å². The van der Waals surface area contributed by atoms with Crippen molar-refractivity contribution in [2.45, 2.75) is 38.6 Å². The van der Waals surface area contributed by atoms with Gasteiger partial charge in [0.15, 0.2) is 0 Å². The summed E-state index contributed by atoms with van der Waals surface area (Å²) >= 11 is 1.49. The first kappa shape index (κ1) is 16.5. The van der Waals surface area contributed by atoms with Crippen LogP contribution in [0.25, 0.3) is 0 Å². The third kappa shape index (κ3) is 2.73. The number of rotatable bonds is 2. The maximum absolute atomic E-state index is 12.8. The molecule has 0 bridgehead atoms. The largest absolute Gasteiger partial charge is 0.492 e. The van der Waals surface area contributed by atoms with Gasteiger partial charge < -0.3 is 15.4 Å². The minimum atomic E-state index is 0.0238. The number of benzene rings is 1. The van der Waals surface area contributed by atoms with Gasteiger partial charge in [-0.15, -0.1) is 11.3 Å². The number of thiazole rings is 1. The molecule has 2 aliphatic rings. The van der Waals surface area contributed by atoms with E-state index < -0.39 is 0 Å². The number of amides is 1. The molecular formula is C19H23N3O2S. The first-order valence-electron chi connectivity index (χ1n) is 8.72. The van der Waals surface area contributed by atoms with E-state index in [1.54, 1.807) is 0 Å². The van der Waals surface area contributed by atoms with E-state index in [0.29, 0.717) is 13.2 Å². The Kier molecular flexibility index (Phi) is 4.04. The normalized spacial score (nSPS) is 18.3. The number of carbonyl (C=O) groups is 1. The molecule has 0 atom stereocenters. The zero-order valence-electron chi connectivity index (χ0n) is 14.7. The van der Waals surface area contributed by atoms with E-state index in [1.165, 1.54) is 16.9 Å². The predicted octanol–water partition coefficient (Wildman–Crippen LogP) is 2.79. The number of nitrogens with zero attached hydrogens (tertiary/aromatic N) is 2. The third-order valence-corrected chi connectivity index (χ3v) is 6.52. The van der Waals surface area contributed by atoms with Gasteiger partial charge in [0.1, 0.15) is 10.6 Å². The Hall–Kier alpha value is -1.92. The highest BCUT2D eigenvalue weighted by atomic mass is 32.1. The molecule has 2 N–H and O–H groups in total. The van der Waals surface area contributed by atoms with Crippen molar-refractivity contribution in [3.63, 3.8) is 0 Å². The summed E-state index contributed by atoms with van der Waals surface area (Å²) < 4.78 is 5.94. The van der Waals surface area contributed by atoms with Crippen molar-refractivity contribution in [1.29, 1.82) is 0 Å². The molecule has 1 aromatic carbocycles. The molecule has 1 aromatic heterocycles. The fourth-order valence-electron chi connectivity index (χ4n) is 3.96. The van der Waals surface area contributed by atoms with Gasteiger partial charge in [0.2, 0.25) is 0 Å². The Balaban J connectivity index is 1.53. The van der Waals surface area contributed by atoms with Gasteiger partial charge in [0, 0.05) is 30.6 Å². The molecule has 5 nitrogen and oxygen atoms in total. The van der Waals surface area contributed by atoms with Gasteiger partial charge >= 0.3 is 0 Å². The number of piperidine rings is 1. The number of aryl methyl sites for hydroxylation is 2. The van der Waals surface area contributed by atoms with E-state index in [1.807, 2.05) is 30.9 Å². The number of carbonyl (C=O) groups excluding carboxylic acids is 1. The molecular weight excluding hydrogens is 334 g/mol. The molecule has 2 aromatic rings. The standard InChI is InChI=1S/C19H23N3O2S/c1-12-17(25-13(2)21-12)18(23)22-7-5-19(6-8-22)11-24-16-4-3-14(10-20)9-15(16)19/h3-4,9H,5-8,10-11,20H2,1-2H3. The molecule has 1 amide bonds. The highest BCUT2D eigenvalue weighted by Crippen LogP contribution is 2.46. The van der Waals surface area contributed by atoms with Crippen LogP contribution in [0.3, 0.4) is 0 Å². The fourth-order valence-corrected chi connectivity index (χ4v) is 4.85. The third-order valence-electron chi connectivity index (χ3n) is 5.46. The molecule has 0 aliphatic carbocycles. The number of hydrogen-bond acceptors (Lipinski definition) is 5. The van der Waals surface area contributed by atoms with Crippen LogP contribution in [0, 0.1) is 13.8 Å². The lowest BCUT2D eigenvalue weighted by Gasteiger charge is -2.38. The second kappa shape index (κ2) is 6.11. The smallest absolute Gasteiger partial charge is 0.265 e. The van der Waals surface area contributed by atoms with Crippen molar-refractivity contribution in [3.05, 3.63) is 44.9 Å². The van der Waals surface area contributed by atoms with E-state index in [4.69, 9.17) is 10.5 Å². The molecule has 4 rings (SSSR count). The first-order chi connectivity index (χ1) is 12.0. The van der Waals surface area contributed by atoms with Gasteiger partial charge in [-0.3, -0.25) is 4.79 Å². The summed E-state index contributed by atoms with van der Waals surface area (Å²) in [7, 11) is 0. The molecule has 6 heteroatoms. The summed E-state index contributed by atoms with van der Waals surface area (Å²) in [6.07, 6.45) is 1.85. The van der Waals surface area contributed by atoms with Crippen molar-refractivity contribution in [3.8, 4) is 5.75 Å². The van der Waals surface area contributed by atoms with E-state index >= 15 is 0 Å². The second-order valence-electron chi connectivity index (χ2n) is 7.04. The van der Waals surface area contributed by atoms with Crippen LogP contribution in [-0.2, 0) is 12.0 Å². The summed E-state index contributed by atoms with van der Waals surface area (Å²) in [4.78, 5) is 20.0. The first-order valence-corrected chi connectivity index (χ1v) is 9.54. The molecule has 1 fully saturated rings. The van der Waals surface area contributed by atoms with Crippen LogP contribution in [0.2, 0.25) is 0 Å². The Morgan fingerprint density at radius 2 is 2.12 bits per heavy atom. The maximum atomic E-state index is 12.8. The second-order valence-corrected chi connectivity index (χ2v) is 8.25. The van der Waals surface area contributed by atoms with E-state index in [2.05, 4.69) is 11.1 Å². The van der Waals surface area contributed by atoms with Crippen molar-refractivity contribution >= 4 is 17.2 Å². The van der Waals surface area contributed by atoms with Crippen LogP contribution >= 0.6 is 11.3 Å². The SMILES string of the molecule is Cc1nc(C)c(C(=O)N2CCC3(CC2)COc2ccc(CN)cc23)s1. The van der Waals surface area contributed by atoms with Gasteiger partial charge in [0.25, 0.3) is 5.91 Å². The molecule has 0 radical (unpaired) electrons. The van der Waals surface area contributed by atoms with Crippen LogP contribution in [0.15, 0.2) is 18.2 Å². The number of likely N-dealkylation sites (tertiary alicyclic amines) is 1. The summed E-state index contributed by atoms with van der Waals surface area (Å²) in [5, 5.41) is 0.946. The maximum Gasteiger partial charge on any atom is 0.265 e. The predicted molar refractivity (Wildman–Crippen MR) is 98.2 cm³/mol. The van der Waals surface area contributed by atoms with Crippen LogP contribution in [0.1, 0.15) is 44.3 Å². The highest BCUT2D eigenvalue weighted by molar-refractivity contribution is 7.13. The van der Waals surface area contributed by atoms with Crippen LogP contribution in [0.5, 0.6) is 5.75 Å². The van der Waals surface area contributed by atoms with Gasteiger partial charge in [-0.1, -0.05) is 12.1 Å². The average molecular weight is 357 g/mol. The molecule has 1 saturated heterocycles. The fraction of sp³-hybridized carbons (Fsp3) is 0.474. The quantitative estimate of drug-likeness (QED) is 0.897. The Morgan fingerprint density at radius 3 is 2.76 bits per heavy atom. The van der Waals surface area contributed by atoms with E-state index in [0.717, 1.165) is 52.8 Å². The van der Waals surface area contributed by atoms with Crippen molar-refractivity contribution < 1.29 is 9.53 Å². The number of fused-ring (bicyclic) bond motifs is 2. The van der Waals surface area contributed by atoms with Gasteiger partial charge in [-0.05, 0) is 38.3 Å². The molecule has 3 heterocycles. The van der Waals surface area contributed by atoms with Crippen LogP contribution in [0.4, 0.5) is 0 Å². The Bertz CT molecular complexity index is 822. The van der Waals surface area contributed by atoms with Gasteiger partial charge in [0.05, 0.1) is 17.3 Å². The van der Waals surface area contributed by atoms with Crippen molar-refractivity contribution in [2.24, 2.45) is 5.73 Å². The van der Waals surface area contributed by atoms with E-state index in [-0.39, 0.29) is 11.3 Å². The van der Waals surface area contributed by atoms with Crippen molar-refractivity contribution in [1.82, 2.24) is 9.88 Å². The monoisotopic (exact) mass is 357 g/mol. The lowest BCUT2D eigenvalue weighted by molar-refractivity contribution is 0.0650. The number of nitrogens with two attached hydrogens (primary N) is 1. The number of aromatic nitrogens is 1. The van der Waals surface area contributed by atoms with Crippen LogP contribution < -0.4 is 10.5 Å². The molecule has 1 spiro atoms. The lowest BCUT2D eigenvalue weighted by Crippen LogP contribution is -2.46. The molecule has 0 saturated carbocycles. The van der Waals surface area contributed by atoms with E-state index in [9.17, 15) is 4.79 Å². The van der Waals surface area contributed by atoms with Gasteiger partial charge in [-0.2, -0.15) is 0 Å². The average Bonchev–Trinajstić information content (AvgIpc) is 3.15. The summed E-state index contributed by atoms with van der Waals surface area (Å²) in [6.45, 7) is 6.61. The van der Waals surface area contributed by atoms with Gasteiger partial charge in [-0.25, -0.2) is 4.98 Å².